The molecule has 7 heteroatoms. The van der Waals surface area contributed by atoms with E-state index in [1.54, 1.807) is 36.4 Å². The normalized spacial score (nSPS) is 13.7. The molecule has 33 heavy (non-hydrogen) atoms. The Kier molecular flexibility index (Phi) is 7.07. The quantitative estimate of drug-likeness (QED) is 0.497. The highest BCUT2D eigenvalue weighted by molar-refractivity contribution is 6.04. The largest absolute Gasteiger partial charge is 0.484 e. The Balaban J connectivity index is 1.41. The van der Waals surface area contributed by atoms with Crippen LogP contribution in [0.15, 0.2) is 57.7 Å². The van der Waals surface area contributed by atoms with Crippen LogP contribution < -0.4 is 21.0 Å². The second-order valence-electron chi connectivity index (χ2n) is 8.34. The van der Waals surface area contributed by atoms with Crippen molar-refractivity contribution < 1.29 is 18.7 Å². The second-order valence-corrected chi connectivity index (χ2v) is 8.34. The van der Waals surface area contributed by atoms with Crippen LogP contribution in [-0.4, -0.2) is 24.5 Å². The molecule has 0 spiro atoms. The summed E-state index contributed by atoms with van der Waals surface area (Å²) in [6.07, 6.45) is 5.91. The van der Waals surface area contributed by atoms with E-state index in [0.717, 1.165) is 49.5 Å². The van der Waals surface area contributed by atoms with Gasteiger partial charge in [-0.1, -0.05) is 38.3 Å². The lowest BCUT2D eigenvalue weighted by molar-refractivity contribution is -0.118. The van der Waals surface area contributed by atoms with Gasteiger partial charge in [-0.2, -0.15) is 0 Å². The van der Waals surface area contributed by atoms with E-state index < -0.39 is 11.5 Å². The highest BCUT2D eigenvalue weighted by Crippen LogP contribution is 2.24. The van der Waals surface area contributed by atoms with Gasteiger partial charge in [-0.25, -0.2) is 4.79 Å². The molecule has 1 saturated carbocycles. The number of hydrogen-bond acceptors (Lipinski definition) is 5. The van der Waals surface area contributed by atoms with Crippen molar-refractivity contribution in [1.29, 1.82) is 0 Å². The van der Waals surface area contributed by atoms with Crippen LogP contribution in [0.25, 0.3) is 11.0 Å². The number of carbonyl (C=O) groups excluding carboxylic acids is 2. The van der Waals surface area contributed by atoms with Gasteiger partial charge in [-0.05, 0) is 49.1 Å². The van der Waals surface area contributed by atoms with E-state index in [1.807, 2.05) is 13.0 Å². The Morgan fingerprint density at radius 2 is 1.88 bits per heavy atom. The van der Waals surface area contributed by atoms with Gasteiger partial charge in [0.1, 0.15) is 11.3 Å². The first-order valence-electron chi connectivity index (χ1n) is 11.4. The maximum absolute atomic E-state index is 12.7. The third-order valence-corrected chi connectivity index (χ3v) is 5.83. The first-order valence-corrected chi connectivity index (χ1v) is 11.4. The standard InChI is InChI=1S/C26H28N2O5/c1-2-7-17-14-25(30)33-23-15-19(12-13-20(17)23)32-16-24(29)28-22-11-6-5-10-21(22)26(31)27-18-8-3-4-9-18/h5-6,10-15,18H,2-4,7-9,16H2,1H3,(H,27,31)(H,28,29). The number of ether oxygens (including phenoxy) is 1. The van der Waals surface area contributed by atoms with Crippen LogP contribution in [0.4, 0.5) is 5.69 Å². The van der Waals surface area contributed by atoms with Gasteiger partial charge in [0.05, 0.1) is 11.3 Å². The summed E-state index contributed by atoms with van der Waals surface area (Å²) in [6, 6.07) is 13.8. The summed E-state index contributed by atoms with van der Waals surface area (Å²) in [5.41, 5.74) is 1.82. The molecule has 1 fully saturated rings. The number of aryl methyl sites for hydroxylation is 1. The third-order valence-electron chi connectivity index (χ3n) is 5.83. The van der Waals surface area contributed by atoms with Crippen LogP contribution in [0.2, 0.25) is 0 Å². The summed E-state index contributed by atoms with van der Waals surface area (Å²) in [6.45, 7) is 1.80. The molecule has 1 heterocycles. The number of benzene rings is 2. The minimum atomic E-state index is -0.409. The van der Waals surface area contributed by atoms with Crippen molar-refractivity contribution in [2.24, 2.45) is 0 Å². The Morgan fingerprint density at radius 1 is 1.09 bits per heavy atom. The third kappa shape index (κ3) is 5.61. The van der Waals surface area contributed by atoms with Crippen molar-refractivity contribution in [3.8, 4) is 5.75 Å². The Labute approximate surface area is 192 Å². The summed E-state index contributed by atoms with van der Waals surface area (Å²) in [5, 5.41) is 6.66. The van der Waals surface area contributed by atoms with E-state index in [4.69, 9.17) is 9.15 Å². The zero-order chi connectivity index (χ0) is 23.2. The summed E-state index contributed by atoms with van der Waals surface area (Å²) < 4.78 is 10.9. The van der Waals surface area contributed by atoms with Crippen molar-refractivity contribution >= 4 is 28.5 Å². The van der Waals surface area contributed by atoms with Crippen LogP contribution in [0.5, 0.6) is 5.75 Å². The van der Waals surface area contributed by atoms with Crippen molar-refractivity contribution in [2.75, 3.05) is 11.9 Å². The molecule has 0 aliphatic heterocycles. The van der Waals surface area contributed by atoms with Crippen LogP contribution >= 0.6 is 0 Å². The first kappa shape index (κ1) is 22.6. The summed E-state index contributed by atoms with van der Waals surface area (Å²) in [4.78, 5) is 37.1. The van der Waals surface area contributed by atoms with Crippen LogP contribution in [-0.2, 0) is 11.2 Å². The van der Waals surface area contributed by atoms with Crippen LogP contribution in [0.3, 0.4) is 0 Å². The molecule has 2 amide bonds. The number of carbonyl (C=O) groups is 2. The zero-order valence-corrected chi connectivity index (χ0v) is 18.7. The lowest BCUT2D eigenvalue weighted by atomic mass is 10.1. The van der Waals surface area contributed by atoms with Gasteiger partial charge in [-0.3, -0.25) is 9.59 Å². The lowest BCUT2D eigenvalue weighted by Crippen LogP contribution is -2.33. The van der Waals surface area contributed by atoms with Crippen molar-refractivity contribution in [3.63, 3.8) is 0 Å². The molecule has 1 aliphatic rings. The highest BCUT2D eigenvalue weighted by Gasteiger charge is 2.20. The minimum absolute atomic E-state index is 0.189. The van der Waals surface area contributed by atoms with Gasteiger partial charge in [0, 0.05) is 23.6 Å². The monoisotopic (exact) mass is 448 g/mol. The van der Waals surface area contributed by atoms with E-state index in [2.05, 4.69) is 10.6 Å². The molecule has 1 aromatic heterocycles. The minimum Gasteiger partial charge on any atom is -0.484 e. The van der Waals surface area contributed by atoms with E-state index in [-0.39, 0.29) is 18.6 Å². The number of hydrogen-bond donors (Lipinski definition) is 2. The maximum atomic E-state index is 12.7. The molecule has 2 aromatic carbocycles. The molecule has 0 saturated heterocycles. The smallest absolute Gasteiger partial charge is 0.336 e. The van der Waals surface area contributed by atoms with Gasteiger partial charge in [0.25, 0.3) is 11.8 Å². The maximum Gasteiger partial charge on any atom is 0.336 e. The number of fused-ring (bicyclic) bond motifs is 1. The fourth-order valence-electron chi connectivity index (χ4n) is 4.23. The fourth-order valence-corrected chi connectivity index (χ4v) is 4.23. The SMILES string of the molecule is CCCc1cc(=O)oc2cc(OCC(=O)Nc3ccccc3C(=O)NC3CCCC3)ccc12. The first-order chi connectivity index (χ1) is 16.0. The van der Waals surface area contributed by atoms with Gasteiger partial charge in [0.2, 0.25) is 0 Å². The van der Waals surface area contributed by atoms with Crippen molar-refractivity contribution in [3.05, 3.63) is 70.1 Å². The predicted molar refractivity (Wildman–Crippen MR) is 127 cm³/mol. The molecule has 0 radical (unpaired) electrons. The topological polar surface area (TPSA) is 97.6 Å². The molecule has 2 N–H and O–H groups in total. The average molecular weight is 449 g/mol. The second kappa shape index (κ2) is 10.3. The Bertz CT molecular complexity index is 1210. The van der Waals surface area contributed by atoms with E-state index in [9.17, 15) is 14.4 Å². The lowest BCUT2D eigenvalue weighted by Gasteiger charge is -2.15. The Hall–Kier alpha value is -3.61. The van der Waals surface area contributed by atoms with Gasteiger partial charge >= 0.3 is 5.63 Å². The van der Waals surface area contributed by atoms with Gasteiger partial charge in [0.15, 0.2) is 6.61 Å². The van der Waals surface area contributed by atoms with Crippen LogP contribution in [0, 0.1) is 0 Å². The molecular weight excluding hydrogens is 420 g/mol. The average Bonchev–Trinajstić information content (AvgIpc) is 3.31. The zero-order valence-electron chi connectivity index (χ0n) is 18.7. The van der Waals surface area contributed by atoms with Crippen molar-refractivity contribution in [1.82, 2.24) is 5.32 Å². The van der Waals surface area contributed by atoms with Crippen molar-refractivity contribution in [2.45, 2.75) is 51.5 Å². The molecule has 3 aromatic rings. The number of amides is 2. The molecule has 172 valence electrons. The number of nitrogens with one attached hydrogen (secondary N) is 2. The molecule has 7 nitrogen and oxygen atoms in total. The number of para-hydroxylation sites is 1. The van der Waals surface area contributed by atoms with Crippen LogP contribution in [0.1, 0.15) is 54.9 Å². The van der Waals surface area contributed by atoms with E-state index in [1.165, 1.54) is 6.07 Å². The summed E-state index contributed by atoms with van der Waals surface area (Å²) in [7, 11) is 0. The Morgan fingerprint density at radius 3 is 2.67 bits per heavy atom. The fraction of sp³-hybridized carbons (Fsp3) is 0.346. The molecule has 0 bridgehead atoms. The van der Waals surface area contributed by atoms with E-state index in [0.29, 0.717) is 22.6 Å². The molecule has 1 aliphatic carbocycles. The summed E-state index contributed by atoms with van der Waals surface area (Å²) >= 11 is 0. The summed E-state index contributed by atoms with van der Waals surface area (Å²) in [5.74, 6) is -0.162. The van der Waals surface area contributed by atoms with Gasteiger partial charge < -0.3 is 19.8 Å². The molecular formula is C26H28N2O5. The highest BCUT2D eigenvalue weighted by atomic mass is 16.5. The molecule has 0 unspecified atom stereocenters. The molecule has 4 rings (SSSR count). The number of rotatable bonds is 8. The number of anilines is 1. The molecule has 0 atom stereocenters. The van der Waals surface area contributed by atoms with Gasteiger partial charge in [-0.15, -0.1) is 0 Å². The van der Waals surface area contributed by atoms with E-state index >= 15 is 0 Å². The predicted octanol–water partition coefficient (Wildman–Crippen LogP) is 4.44.